The molecule has 12 heteroatoms. The highest BCUT2D eigenvalue weighted by molar-refractivity contribution is 6.50. The number of pyridine rings is 1. The molecule has 0 spiro atoms. The van der Waals surface area contributed by atoms with Crippen LogP contribution in [0.3, 0.4) is 0 Å². The molecule has 0 saturated carbocycles. The van der Waals surface area contributed by atoms with E-state index in [0.717, 1.165) is 5.56 Å². The summed E-state index contributed by atoms with van der Waals surface area (Å²) in [5.41, 5.74) is 1.50. The highest BCUT2D eigenvalue weighted by atomic mass is 16.7. The van der Waals surface area contributed by atoms with Gasteiger partial charge in [0.2, 0.25) is 0 Å². The Morgan fingerprint density at radius 2 is 1.78 bits per heavy atom. The number of methoxy groups -OCH3 is 1. The number of carbonyl (C=O) groups excluding carboxylic acids is 4. The summed E-state index contributed by atoms with van der Waals surface area (Å²) in [6.07, 6.45) is -2.25. The number of aliphatic hydroxyl groups is 1. The summed E-state index contributed by atoms with van der Waals surface area (Å²) < 4.78 is 16.3. The van der Waals surface area contributed by atoms with Crippen molar-refractivity contribution in [3.63, 3.8) is 0 Å². The van der Waals surface area contributed by atoms with E-state index in [0.29, 0.717) is 12.1 Å². The van der Waals surface area contributed by atoms with E-state index in [1.807, 2.05) is 44.2 Å². The smallest absolute Gasteiger partial charge is 0.508 e. The van der Waals surface area contributed by atoms with Crippen molar-refractivity contribution in [1.82, 2.24) is 15.2 Å². The number of benzene rings is 1. The second-order valence-electron chi connectivity index (χ2n) is 10.8. The highest BCUT2D eigenvalue weighted by Gasteiger charge is 2.51. The van der Waals surface area contributed by atoms with E-state index in [-0.39, 0.29) is 18.0 Å². The standard InChI is InChI=1S/C29H38BN3O8/c1-17(2)15-20(30-40-26(29(38)39-6)25(33(4)5)28(37)41-30)16-23(35)24(18(3)34)32-27(36)22-14-10-13-21(31-22)19-11-8-7-9-12-19/h7-14,17-18,20,24-26,34H,15-16H2,1-6H3,(H,32,36)/t18-,20-,24+,25-,26-/m1/s1. The van der Waals surface area contributed by atoms with Crippen LogP contribution >= 0.6 is 0 Å². The van der Waals surface area contributed by atoms with Gasteiger partial charge in [0, 0.05) is 17.8 Å². The number of Topliss-reactive ketones (excluding diaryl/α,β-unsaturated/α-hetero) is 1. The molecule has 1 aliphatic heterocycles. The predicted octanol–water partition coefficient (Wildman–Crippen LogP) is 2.14. The Labute approximate surface area is 240 Å². The minimum atomic E-state index is -1.26. The summed E-state index contributed by atoms with van der Waals surface area (Å²) in [6.45, 7) is 5.27. The molecule has 3 rings (SSSR count). The van der Waals surface area contributed by atoms with Crippen LogP contribution in [0.4, 0.5) is 0 Å². The Balaban J connectivity index is 1.79. The lowest BCUT2D eigenvalue weighted by Gasteiger charge is -2.38. The number of hydrogen-bond donors (Lipinski definition) is 2. The lowest BCUT2D eigenvalue weighted by molar-refractivity contribution is -0.167. The van der Waals surface area contributed by atoms with Crippen molar-refractivity contribution >= 4 is 30.7 Å². The fourth-order valence-corrected chi connectivity index (χ4v) is 4.84. The molecule has 1 saturated heterocycles. The maximum absolute atomic E-state index is 13.5. The highest BCUT2D eigenvalue weighted by Crippen LogP contribution is 2.32. The zero-order chi connectivity index (χ0) is 30.3. The molecule has 0 aliphatic carbocycles. The molecule has 2 aromatic rings. The van der Waals surface area contributed by atoms with Crippen molar-refractivity contribution in [2.75, 3.05) is 21.2 Å². The van der Waals surface area contributed by atoms with Gasteiger partial charge in [-0.15, -0.1) is 0 Å². The third kappa shape index (κ3) is 8.22. The average molecular weight is 567 g/mol. The van der Waals surface area contributed by atoms with Gasteiger partial charge in [-0.25, -0.2) is 9.78 Å². The molecule has 1 aromatic heterocycles. The number of ketones is 1. The molecule has 0 bridgehead atoms. The first-order chi connectivity index (χ1) is 19.4. The number of hydrogen-bond acceptors (Lipinski definition) is 10. The molecule has 11 nitrogen and oxygen atoms in total. The molecule has 5 atom stereocenters. The lowest BCUT2D eigenvalue weighted by Crippen LogP contribution is -2.60. The van der Waals surface area contributed by atoms with Gasteiger partial charge in [0.1, 0.15) is 17.8 Å². The number of nitrogens with one attached hydrogen (secondary N) is 1. The molecule has 1 fully saturated rings. The van der Waals surface area contributed by atoms with Crippen LogP contribution in [0.15, 0.2) is 48.5 Å². The zero-order valence-corrected chi connectivity index (χ0v) is 24.3. The Morgan fingerprint density at radius 3 is 2.37 bits per heavy atom. The van der Waals surface area contributed by atoms with Gasteiger partial charge >= 0.3 is 19.1 Å². The van der Waals surface area contributed by atoms with Crippen LogP contribution in [-0.4, -0.2) is 91.2 Å². The van der Waals surface area contributed by atoms with Crippen LogP contribution < -0.4 is 5.32 Å². The molecule has 0 radical (unpaired) electrons. The first-order valence-electron chi connectivity index (χ1n) is 13.6. The third-order valence-corrected chi connectivity index (χ3v) is 6.82. The average Bonchev–Trinajstić information content (AvgIpc) is 2.94. The largest absolute Gasteiger partial charge is 0.531 e. The van der Waals surface area contributed by atoms with E-state index < -0.39 is 60.9 Å². The van der Waals surface area contributed by atoms with Crippen LogP contribution in [0.25, 0.3) is 11.3 Å². The quantitative estimate of drug-likeness (QED) is 0.289. The summed E-state index contributed by atoms with van der Waals surface area (Å²) >= 11 is 0. The fourth-order valence-electron chi connectivity index (χ4n) is 4.84. The Hall–Kier alpha value is -3.61. The third-order valence-electron chi connectivity index (χ3n) is 6.82. The number of nitrogens with zero attached hydrogens (tertiary/aromatic N) is 2. The predicted molar refractivity (Wildman–Crippen MR) is 152 cm³/mol. The molecule has 41 heavy (non-hydrogen) atoms. The summed E-state index contributed by atoms with van der Waals surface area (Å²) in [4.78, 5) is 57.9. The number of rotatable bonds is 12. The van der Waals surface area contributed by atoms with Gasteiger partial charge in [0.05, 0.1) is 18.9 Å². The first-order valence-corrected chi connectivity index (χ1v) is 13.6. The second kappa shape index (κ2) is 14.3. The zero-order valence-electron chi connectivity index (χ0n) is 24.3. The van der Waals surface area contributed by atoms with Crippen molar-refractivity contribution in [2.24, 2.45) is 5.92 Å². The van der Waals surface area contributed by atoms with Gasteiger partial charge in [0.15, 0.2) is 11.9 Å². The number of likely N-dealkylation sites (N-methyl/N-ethyl adjacent to an activating group) is 1. The van der Waals surface area contributed by atoms with Crippen LogP contribution in [0.2, 0.25) is 5.82 Å². The van der Waals surface area contributed by atoms with Gasteiger partial charge in [-0.05, 0) is 45.5 Å². The fraction of sp³-hybridized carbons (Fsp3) is 0.483. The normalized spacial score (nSPS) is 19.3. The van der Waals surface area contributed by atoms with Gasteiger partial charge in [-0.2, -0.15) is 0 Å². The van der Waals surface area contributed by atoms with Crippen LogP contribution in [0.5, 0.6) is 0 Å². The summed E-state index contributed by atoms with van der Waals surface area (Å²) in [5, 5.41) is 13.1. The lowest BCUT2D eigenvalue weighted by atomic mass is 9.64. The number of aliphatic hydroxyl groups excluding tert-OH is 1. The van der Waals surface area contributed by atoms with Gasteiger partial charge in [-0.3, -0.25) is 19.3 Å². The monoisotopic (exact) mass is 567 g/mol. The van der Waals surface area contributed by atoms with Crippen molar-refractivity contribution in [3.8, 4) is 11.3 Å². The van der Waals surface area contributed by atoms with E-state index in [1.165, 1.54) is 25.0 Å². The molecule has 2 heterocycles. The molecule has 1 amide bonds. The van der Waals surface area contributed by atoms with Crippen LogP contribution in [0.1, 0.15) is 44.1 Å². The van der Waals surface area contributed by atoms with Gasteiger partial charge in [-0.1, -0.05) is 50.2 Å². The minimum absolute atomic E-state index is 0.0720. The van der Waals surface area contributed by atoms with Gasteiger partial charge < -0.3 is 24.5 Å². The Kier molecular flexibility index (Phi) is 11.2. The molecular weight excluding hydrogens is 529 g/mol. The Morgan fingerprint density at radius 1 is 1.10 bits per heavy atom. The van der Waals surface area contributed by atoms with Crippen molar-refractivity contribution in [1.29, 1.82) is 0 Å². The summed E-state index contributed by atoms with van der Waals surface area (Å²) in [5.74, 6) is -3.10. The maximum Gasteiger partial charge on any atom is 0.531 e. The molecule has 1 aromatic carbocycles. The second-order valence-corrected chi connectivity index (χ2v) is 10.8. The summed E-state index contributed by atoms with van der Waals surface area (Å²) in [6, 6.07) is 12.0. The Bertz CT molecular complexity index is 1220. The van der Waals surface area contributed by atoms with E-state index in [9.17, 15) is 24.3 Å². The van der Waals surface area contributed by atoms with Crippen molar-refractivity contribution in [2.45, 2.75) is 63.7 Å². The molecule has 220 valence electrons. The van der Waals surface area contributed by atoms with E-state index in [1.54, 1.807) is 26.2 Å². The summed E-state index contributed by atoms with van der Waals surface area (Å²) in [7, 11) is 3.22. The van der Waals surface area contributed by atoms with Crippen molar-refractivity contribution < 1.29 is 38.3 Å². The molecule has 0 unspecified atom stereocenters. The molecular formula is C29H38BN3O8. The number of amides is 1. The molecule has 2 N–H and O–H groups in total. The van der Waals surface area contributed by atoms with Crippen LogP contribution in [-0.2, 0) is 28.4 Å². The number of carbonyl (C=O) groups is 4. The van der Waals surface area contributed by atoms with E-state index >= 15 is 0 Å². The van der Waals surface area contributed by atoms with Crippen molar-refractivity contribution in [3.05, 3.63) is 54.2 Å². The van der Waals surface area contributed by atoms with Gasteiger partial charge in [0.25, 0.3) is 5.91 Å². The van der Waals surface area contributed by atoms with Crippen LogP contribution in [0, 0.1) is 5.92 Å². The molecule has 1 aliphatic rings. The topological polar surface area (TPSA) is 144 Å². The first kappa shape index (κ1) is 31.9. The number of esters is 1. The van der Waals surface area contributed by atoms with E-state index in [4.69, 9.17) is 14.0 Å². The SMILES string of the molecule is COC(=O)[C@@H]1OB([C@@H](CC(=O)[C@@H](NC(=O)c2cccc(-c3ccccc3)n2)[C@@H](C)O)CC(C)C)OC(=O)[C@@H]1N(C)C. The van der Waals surface area contributed by atoms with E-state index in [2.05, 4.69) is 10.3 Å². The number of ether oxygens (including phenoxy) is 1. The minimum Gasteiger partial charge on any atom is -0.508 e. The maximum atomic E-state index is 13.5. The number of aromatic nitrogens is 1.